The van der Waals surface area contributed by atoms with E-state index in [4.69, 9.17) is 4.74 Å². The molecule has 1 amide bonds. The van der Waals surface area contributed by atoms with Crippen molar-refractivity contribution in [3.05, 3.63) is 35.9 Å². The summed E-state index contributed by atoms with van der Waals surface area (Å²) in [5.41, 5.74) is 0.514. The topological polar surface area (TPSA) is 61.8 Å². The third kappa shape index (κ3) is 5.80. The molecule has 138 valence electrons. The van der Waals surface area contributed by atoms with Crippen molar-refractivity contribution in [2.24, 2.45) is 0 Å². The van der Waals surface area contributed by atoms with Crippen molar-refractivity contribution in [3.8, 4) is 0 Å². The Balaban J connectivity index is 1.55. The summed E-state index contributed by atoms with van der Waals surface area (Å²) in [6.07, 6.45) is 6.06. The Bertz CT molecular complexity index is 537. The van der Waals surface area contributed by atoms with Crippen LogP contribution in [0.3, 0.4) is 0 Å². The van der Waals surface area contributed by atoms with Crippen LogP contribution >= 0.6 is 0 Å². The summed E-state index contributed by atoms with van der Waals surface area (Å²) < 4.78 is 5.56. The van der Waals surface area contributed by atoms with Gasteiger partial charge in [0, 0.05) is 26.2 Å². The van der Waals surface area contributed by atoms with E-state index in [2.05, 4.69) is 22.3 Å². The van der Waals surface area contributed by atoms with Crippen LogP contribution in [0.2, 0.25) is 0 Å². The Kier molecular flexibility index (Phi) is 6.45. The molecule has 5 heteroatoms. The number of carbonyl (C=O) groups is 1. The number of ether oxygens (including phenoxy) is 1. The molecule has 0 bridgehead atoms. The monoisotopic (exact) mass is 346 g/mol. The summed E-state index contributed by atoms with van der Waals surface area (Å²) in [5, 5.41) is 13.8. The van der Waals surface area contributed by atoms with Crippen molar-refractivity contribution in [1.29, 1.82) is 0 Å². The summed E-state index contributed by atoms with van der Waals surface area (Å²) >= 11 is 0. The highest BCUT2D eigenvalue weighted by molar-refractivity contribution is 5.78. The average molecular weight is 346 g/mol. The molecule has 0 aromatic heterocycles. The number of hydrogen-bond acceptors (Lipinski definition) is 4. The molecule has 0 spiro atoms. The Morgan fingerprint density at radius 1 is 1.24 bits per heavy atom. The predicted octanol–water partition coefficient (Wildman–Crippen LogP) is 2.09. The molecule has 1 atom stereocenters. The van der Waals surface area contributed by atoms with Crippen molar-refractivity contribution in [3.63, 3.8) is 0 Å². The maximum atomic E-state index is 12.4. The van der Waals surface area contributed by atoms with Gasteiger partial charge < -0.3 is 15.2 Å². The number of nitrogens with one attached hydrogen (secondary N) is 1. The highest BCUT2D eigenvalue weighted by atomic mass is 16.5. The molecule has 1 aromatic rings. The first-order chi connectivity index (χ1) is 12.1. The molecule has 25 heavy (non-hydrogen) atoms. The molecule has 5 nitrogen and oxygen atoms in total. The molecule has 2 N–H and O–H groups in total. The summed E-state index contributed by atoms with van der Waals surface area (Å²) in [5.74, 6) is 0.00743. The van der Waals surface area contributed by atoms with E-state index in [1.54, 1.807) is 0 Å². The van der Waals surface area contributed by atoms with Crippen LogP contribution in [0.4, 0.5) is 0 Å². The fourth-order valence-electron chi connectivity index (χ4n) is 3.91. The van der Waals surface area contributed by atoms with Gasteiger partial charge in [-0.25, -0.2) is 0 Å². The lowest BCUT2D eigenvalue weighted by Gasteiger charge is -2.31. The molecular formula is C20H30N2O3. The third-order valence-electron chi connectivity index (χ3n) is 5.22. The van der Waals surface area contributed by atoms with E-state index in [0.29, 0.717) is 26.2 Å². The van der Waals surface area contributed by atoms with Crippen LogP contribution in [-0.4, -0.2) is 53.9 Å². The van der Waals surface area contributed by atoms with Crippen LogP contribution in [0.1, 0.15) is 44.1 Å². The normalized spacial score (nSPS) is 22.4. The lowest BCUT2D eigenvalue weighted by Crippen LogP contribution is -2.46. The number of hydrogen-bond donors (Lipinski definition) is 2. The van der Waals surface area contributed by atoms with Crippen LogP contribution in [0, 0.1) is 0 Å². The van der Waals surface area contributed by atoms with Gasteiger partial charge in [0.05, 0.1) is 18.2 Å². The number of benzene rings is 1. The molecular weight excluding hydrogens is 316 g/mol. The first-order valence-corrected chi connectivity index (χ1v) is 9.50. The minimum atomic E-state index is -0.649. The average Bonchev–Trinajstić information content (AvgIpc) is 3.25. The van der Waals surface area contributed by atoms with Gasteiger partial charge >= 0.3 is 0 Å². The van der Waals surface area contributed by atoms with Crippen LogP contribution in [-0.2, 0) is 16.1 Å². The van der Waals surface area contributed by atoms with Gasteiger partial charge in [0.15, 0.2) is 0 Å². The summed E-state index contributed by atoms with van der Waals surface area (Å²) in [7, 11) is 0. The quantitative estimate of drug-likeness (QED) is 0.757. The minimum Gasteiger partial charge on any atom is -0.389 e. The Labute approximate surface area is 150 Å². The zero-order chi connectivity index (χ0) is 17.5. The molecule has 1 saturated heterocycles. The van der Waals surface area contributed by atoms with E-state index in [-0.39, 0.29) is 12.0 Å². The van der Waals surface area contributed by atoms with Gasteiger partial charge in [-0.05, 0) is 31.2 Å². The van der Waals surface area contributed by atoms with Crippen molar-refractivity contribution in [2.75, 3.05) is 26.2 Å². The van der Waals surface area contributed by atoms with Crippen molar-refractivity contribution in [1.82, 2.24) is 10.2 Å². The second kappa shape index (κ2) is 8.79. The molecule has 1 aromatic carbocycles. The number of carbonyl (C=O) groups excluding carboxylic acids is 1. The molecule has 1 aliphatic carbocycles. The zero-order valence-electron chi connectivity index (χ0n) is 15.0. The highest BCUT2D eigenvalue weighted by Gasteiger charge is 2.33. The van der Waals surface area contributed by atoms with E-state index in [1.165, 1.54) is 0 Å². The fraction of sp³-hybridized carbons (Fsp3) is 0.650. The number of aliphatic hydroxyl groups is 1. The zero-order valence-corrected chi connectivity index (χ0v) is 15.0. The lowest BCUT2D eigenvalue weighted by atomic mass is 10.0. The molecule has 2 fully saturated rings. The Morgan fingerprint density at radius 2 is 2.00 bits per heavy atom. The van der Waals surface area contributed by atoms with Crippen LogP contribution < -0.4 is 5.32 Å². The molecule has 1 saturated carbocycles. The van der Waals surface area contributed by atoms with E-state index < -0.39 is 5.60 Å². The fourth-order valence-corrected chi connectivity index (χ4v) is 3.91. The molecule has 1 aliphatic heterocycles. The third-order valence-corrected chi connectivity index (χ3v) is 5.22. The molecule has 1 heterocycles. The van der Waals surface area contributed by atoms with Crippen molar-refractivity contribution >= 4 is 5.91 Å². The van der Waals surface area contributed by atoms with Gasteiger partial charge in [-0.2, -0.15) is 0 Å². The summed E-state index contributed by atoms with van der Waals surface area (Å²) in [6, 6.07) is 10.1. The highest BCUT2D eigenvalue weighted by Crippen LogP contribution is 2.30. The largest absolute Gasteiger partial charge is 0.389 e. The summed E-state index contributed by atoms with van der Waals surface area (Å²) in [6.45, 7) is 2.92. The van der Waals surface area contributed by atoms with Crippen LogP contribution in [0.15, 0.2) is 30.3 Å². The molecule has 0 radical (unpaired) electrons. The second-order valence-corrected chi connectivity index (χ2v) is 7.50. The first kappa shape index (κ1) is 18.4. The maximum absolute atomic E-state index is 12.4. The Morgan fingerprint density at radius 3 is 2.68 bits per heavy atom. The Hall–Kier alpha value is -1.43. The van der Waals surface area contributed by atoms with Gasteiger partial charge in [0.25, 0.3) is 0 Å². The minimum absolute atomic E-state index is 0.00743. The maximum Gasteiger partial charge on any atom is 0.234 e. The van der Waals surface area contributed by atoms with Crippen molar-refractivity contribution in [2.45, 2.75) is 56.8 Å². The van der Waals surface area contributed by atoms with Crippen molar-refractivity contribution < 1.29 is 14.6 Å². The van der Waals surface area contributed by atoms with Crippen LogP contribution in [0.25, 0.3) is 0 Å². The van der Waals surface area contributed by atoms with Gasteiger partial charge in [-0.15, -0.1) is 0 Å². The number of rotatable bonds is 8. The smallest absolute Gasteiger partial charge is 0.234 e. The second-order valence-electron chi connectivity index (χ2n) is 7.50. The molecule has 1 unspecified atom stereocenters. The summed E-state index contributed by atoms with van der Waals surface area (Å²) in [4.78, 5) is 14.5. The van der Waals surface area contributed by atoms with E-state index >= 15 is 0 Å². The van der Waals surface area contributed by atoms with E-state index in [1.807, 2.05) is 18.2 Å². The van der Waals surface area contributed by atoms with E-state index in [9.17, 15) is 9.90 Å². The predicted molar refractivity (Wildman–Crippen MR) is 97.1 cm³/mol. The SMILES string of the molecule is O=C(CN(Cc1ccccc1)CC1(O)CCCC1)NCC1CCCO1. The van der Waals surface area contributed by atoms with Gasteiger partial charge in [0.1, 0.15) is 0 Å². The molecule has 3 rings (SSSR count). The van der Waals surface area contributed by atoms with Gasteiger partial charge in [-0.1, -0.05) is 43.2 Å². The number of amides is 1. The van der Waals surface area contributed by atoms with E-state index in [0.717, 1.165) is 50.7 Å². The van der Waals surface area contributed by atoms with Gasteiger partial charge in [-0.3, -0.25) is 9.69 Å². The van der Waals surface area contributed by atoms with Gasteiger partial charge in [0.2, 0.25) is 5.91 Å². The standard InChI is InChI=1S/C20H30N2O3/c23-19(21-13-18-9-6-12-25-18)15-22(14-17-7-2-1-3-8-17)16-20(24)10-4-5-11-20/h1-3,7-8,18,24H,4-6,9-16H2,(H,21,23). The number of nitrogens with zero attached hydrogens (tertiary/aromatic N) is 1. The molecule has 2 aliphatic rings. The lowest BCUT2D eigenvalue weighted by molar-refractivity contribution is -0.123. The van der Waals surface area contributed by atoms with Crippen LogP contribution in [0.5, 0.6) is 0 Å². The first-order valence-electron chi connectivity index (χ1n) is 9.50.